The number of imidazole rings is 1. The van der Waals surface area contributed by atoms with Crippen LogP contribution < -0.4 is 15.2 Å². The highest BCUT2D eigenvalue weighted by Crippen LogP contribution is 2.34. The van der Waals surface area contributed by atoms with Crippen LogP contribution in [0.25, 0.3) is 11.0 Å². The number of benzene rings is 2. The topological polar surface area (TPSA) is 79.5 Å². The Bertz CT molecular complexity index is 1330. The number of fused-ring (bicyclic) bond motifs is 1. The number of nitrogens with zero attached hydrogens (tertiary/aromatic N) is 2. The number of aromatic nitrogens is 2. The zero-order valence-corrected chi connectivity index (χ0v) is 19.6. The molecule has 1 atom stereocenters. The second-order valence-corrected chi connectivity index (χ2v) is 10.1. The zero-order chi connectivity index (χ0) is 24.6. The van der Waals surface area contributed by atoms with Crippen LogP contribution in [0.1, 0.15) is 18.5 Å². The minimum Gasteiger partial charge on any atom is -0.493 e. The van der Waals surface area contributed by atoms with Gasteiger partial charge in [0.2, 0.25) is 0 Å². The molecule has 0 aliphatic rings. The lowest BCUT2D eigenvalue weighted by Gasteiger charge is -2.20. The van der Waals surface area contributed by atoms with Gasteiger partial charge >= 0.3 is 11.9 Å². The first-order valence-corrected chi connectivity index (χ1v) is 12.2. The first-order chi connectivity index (χ1) is 15.3. The van der Waals surface area contributed by atoms with E-state index >= 15 is 0 Å². The molecule has 0 N–H and O–H groups in total. The van der Waals surface area contributed by atoms with Gasteiger partial charge in [-0.05, 0) is 42.8 Å². The van der Waals surface area contributed by atoms with Crippen LogP contribution in [-0.4, -0.2) is 49.5 Å². The summed E-state index contributed by atoms with van der Waals surface area (Å²) in [5.74, 6) is 0.168. The third-order valence-electron chi connectivity index (χ3n) is 4.91. The molecule has 2 aromatic carbocycles. The number of methoxy groups -OCH3 is 1. The minimum absolute atomic E-state index is 0.0538. The normalized spacial score (nSPS) is 13.3. The Labute approximate surface area is 193 Å². The van der Waals surface area contributed by atoms with E-state index in [2.05, 4.69) is 0 Å². The predicted molar refractivity (Wildman–Crippen MR) is 119 cm³/mol. The lowest BCUT2D eigenvalue weighted by Crippen LogP contribution is -2.34. The number of rotatable bonds is 8. The largest absolute Gasteiger partial charge is 0.493 e. The second kappa shape index (κ2) is 9.30. The van der Waals surface area contributed by atoms with Gasteiger partial charge in [0.25, 0.3) is 0 Å². The van der Waals surface area contributed by atoms with E-state index in [0.717, 1.165) is 10.8 Å². The van der Waals surface area contributed by atoms with Gasteiger partial charge in [0.1, 0.15) is 16.4 Å². The van der Waals surface area contributed by atoms with Crippen molar-refractivity contribution in [2.75, 3.05) is 25.7 Å². The number of hydrogen-bond donors (Lipinski definition) is 0. The van der Waals surface area contributed by atoms with Crippen LogP contribution in [-0.2, 0) is 16.4 Å². The summed E-state index contributed by atoms with van der Waals surface area (Å²) in [5, 5.41) is 0.137. The van der Waals surface area contributed by atoms with Gasteiger partial charge in [-0.15, -0.1) is 0 Å². The molecule has 0 saturated carbocycles. The molecule has 0 aliphatic heterocycles. The smallest absolute Gasteiger partial charge is 0.406 e. The van der Waals surface area contributed by atoms with Gasteiger partial charge in [0.05, 0.1) is 36.5 Å². The molecule has 3 aromatic rings. The molecule has 1 heterocycles. The molecule has 0 radical (unpaired) electrons. The van der Waals surface area contributed by atoms with Crippen LogP contribution in [0.3, 0.4) is 0 Å². The molecule has 0 amide bonds. The van der Waals surface area contributed by atoms with Crippen molar-refractivity contribution in [1.29, 1.82) is 0 Å². The lowest BCUT2D eigenvalue weighted by atomic mass is 10.1. The van der Waals surface area contributed by atoms with Gasteiger partial charge < -0.3 is 9.47 Å². The summed E-state index contributed by atoms with van der Waals surface area (Å²) in [6.45, 7) is 0.493. The lowest BCUT2D eigenvalue weighted by molar-refractivity contribution is -0.140. The predicted octanol–water partition coefficient (Wildman–Crippen LogP) is 4.06. The first-order valence-electron chi connectivity index (χ1n) is 9.80. The Morgan fingerprint density at radius 1 is 1.09 bits per heavy atom. The summed E-state index contributed by atoms with van der Waals surface area (Å²) in [5.41, 5.74) is -0.585. The Hall–Kier alpha value is -2.66. The molecule has 0 bridgehead atoms. The first kappa shape index (κ1) is 25.0. The van der Waals surface area contributed by atoms with E-state index in [0.29, 0.717) is 28.2 Å². The fourth-order valence-corrected chi connectivity index (χ4v) is 4.74. The molecule has 1 aromatic heterocycles. The third-order valence-corrected chi connectivity index (χ3v) is 6.06. The highest BCUT2D eigenvalue weighted by Gasteiger charge is 2.33. The van der Waals surface area contributed by atoms with Crippen LogP contribution in [0.15, 0.2) is 41.2 Å². The summed E-state index contributed by atoms with van der Waals surface area (Å²) in [6.07, 6.45) is -3.69. The molecule has 0 aliphatic carbocycles. The number of hydrogen-bond acceptors (Lipinski definition) is 5. The highest BCUT2D eigenvalue weighted by molar-refractivity contribution is 7.90. The monoisotopic (exact) mass is 506 g/mol. The quantitative estimate of drug-likeness (QED) is 0.460. The van der Waals surface area contributed by atoms with Crippen molar-refractivity contribution in [2.45, 2.75) is 25.7 Å². The van der Waals surface area contributed by atoms with Crippen molar-refractivity contribution < 1.29 is 31.1 Å². The molecule has 0 spiro atoms. The summed E-state index contributed by atoms with van der Waals surface area (Å²) >= 11 is 5.98. The van der Waals surface area contributed by atoms with E-state index in [1.807, 2.05) is 0 Å². The van der Waals surface area contributed by atoms with Crippen molar-refractivity contribution in [3.63, 3.8) is 0 Å². The minimum atomic E-state index is -4.68. The number of sulfone groups is 1. The average Bonchev–Trinajstić information content (AvgIpc) is 2.95. The summed E-state index contributed by atoms with van der Waals surface area (Å²) < 4.78 is 76.7. The average molecular weight is 507 g/mol. The van der Waals surface area contributed by atoms with Gasteiger partial charge in [-0.25, -0.2) is 13.2 Å². The van der Waals surface area contributed by atoms with Gasteiger partial charge in [0.15, 0.2) is 11.5 Å². The number of alkyl halides is 3. The summed E-state index contributed by atoms with van der Waals surface area (Å²) in [7, 11) is -2.23. The van der Waals surface area contributed by atoms with Crippen molar-refractivity contribution in [3.8, 4) is 11.5 Å². The maximum atomic E-state index is 13.2. The maximum absolute atomic E-state index is 13.2. The molecular formula is C21H22ClF3N2O5S. The van der Waals surface area contributed by atoms with E-state index in [1.54, 1.807) is 19.1 Å². The van der Waals surface area contributed by atoms with Gasteiger partial charge in [-0.3, -0.25) is 9.13 Å². The van der Waals surface area contributed by atoms with E-state index < -0.39 is 40.0 Å². The Balaban J connectivity index is 2.33. The third kappa shape index (κ3) is 5.64. The molecule has 0 fully saturated rings. The van der Waals surface area contributed by atoms with E-state index in [1.165, 1.54) is 31.4 Å². The number of ether oxygens (including phenoxy) is 2. The number of halogens is 4. The molecule has 180 valence electrons. The SMILES string of the molecule is CCOc1cc(C(CS(C)(=O)=O)n2c(=O)n(CC(F)(F)F)c3cc(Cl)ccc32)ccc1OC. The molecule has 7 nitrogen and oxygen atoms in total. The van der Waals surface area contributed by atoms with Crippen molar-refractivity contribution >= 4 is 32.5 Å². The van der Waals surface area contributed by atoms with E-state index in [4.69, 9.17) is 21.1 Å². The van der Waals surface area contributed by atoms with E-state index in [9.17, 15) is 26.4 Å². The van der Waals surface area contributed by atoms with Gasteiger partial charge in [0, 0.05) is 11.3 Å². The highest BCUT2D eigenvalue weighted by atomic mass is 35.5. The Morgan fingerprint density at radius 3 is 2.36 bits per heavy atom. The van der Waals surface area contributed by atoms with Crippen LogP contribution in [0.2, 0.25) is 5.02 Å². The van der Waals surface area contributed by atoms with Crippen molar-refractivity contribution in [1.82, 2.24) is 9.13 Å². The molecule has 33 heavy (non-hydrogen) atoms. The fourth-order valence-electron chi connectivity index (χ4n) is 3.66. The zero-order valence-electron chi connectivity index (χ0n) is 18.0. The van der Waals surface area contributed by atoms with Crippen LogP contribution in [0.4, 0.5) is 13.2 Å². The fraction of sp³-hybridized carbons (Fsp3) is 0.381. The maximum Gasteiger partial charge on any atom is 0.406 e. The van der Waals surface area contributed by atoms with Crippen LogP contribution in [0, 0.1) is 0 Å². The van der Waals surface area contributed by atoms with Crippen molar-refractivity contribution in [2.24, 2.45) is 0 Å². The molecular weight excluding hydrogens is 485 g/mol. The van der Waals surface area contributed by atoms with E-state index in [-0.39, 0.29) is 16.1 Å². The molecule has 0 saturated heterocycles. The molecule has 3 rings (SSSR count). The van der Waals surface area contributed by atoms with Crippen LogP contribution >= 0.6 is 11.6 Å². The van der Waals surface area contributed by atoms with Gasteiger partial charge in [-0.1, -0.05) is 17.7 Å². The Kier molecular flexibility index (Phi) is 7.04. The molecule has 12 heteroatoms. The Morgan fingerprint density at radius 2 is 1.79 bits per heavy atom. The summed E-state index contributed by atoms with van der Waals surface area (Å²) in [4.78, 5) is 13.2. The molecule has 1 unspecified atom stereocenters. The summed E-state index contributed by atoms with van der Waals surface area (Å²) in [6, 6.07) is 7.56. The van der Waals surface area contributed by atoms with Gasteiger partial charge in [-0.2, -0.15) is 13.2 Å². The van der Waals surface area contributed by atoms with Crippen LogP contribution in [0.5, 0.6) is 11.5 Å². The second-order valence-electron chi connectivity index (χ2n) is 7.44. The van der Waals surface area contributed by atoms with Crippen molar-refractivity contribution in [3.05, 3.63) is 57.5 Å². The standard InChI is InChI=1S/C21H22ClF3N2O5S/c1-4-32-19-9-13(5-8-18(19)31-2)17(11-33(3,29)30)27-15-7-6-14(22)10-16(15)26(20(27)28)12-21(23,24)25/h5-10,17H,4,11-12H2,1-3H3.